The van der Waals surface area contributed by atoms with Crippen LogP contribution in [0.4, 0.5) is 0 Å². The van der Waals surface area contributed by atoms with Gasteiger partial charge in [-0.05, 0) is 68.5 Å². The Labute approximate surface area is 295 Å². The van der Waals surface area contributed by atoms with Crippen molar-refractivity contribution in [3.05, 3.63) is 179 Å². The van der Waals surface area contributed by atoms with Crippen LogP contribution < -0.4 is 15.1 Å². The molecule has 0 atom stereocenters. The summed E-state index contributed by atoms with van der Waals surface area (Å²) >= 11 is 0. The van der Waals surface area contributed by atoms with Crippen LogP contribution in [0.1, 0.15) is 47.6 Å². The summed E-state index contributed by atoms with van der Waals surface area (Å²) in [6, 6.07) is 54.3. The first kappa shape index (κ1) is 30.5. The minimum atomic E-state index is -2.24. The molecule has 0 saturated heterocycles. The highest BCUT2D eigenvalue weighted by Gasteiger charge is 2.40. The molecule has 0 spiro atoms. The molecular formula is C46H38N2OSi. The molecule has 2 heterocycles. The number of aromatic nitrogens is 2. The minimum absolute atomic E-state index is 0.0649. The number of fused-ring (bicyclic) bond motifs is 4. The largest absolute Gasteiger partial charge is 0.458 e. The Morgan fingerprint density at radius 3 is 1.60 bits per heavy atom. The summed E-state index contributed by atoms with van der Waals surface area (Å²) in [5.41, 5.74) is 11.8. The van der Waals surface area contributed by atoms with Crippen molar-refractivity contribution in [1.29, 1.82) is 0 Å². The topological polar surface area (TPSA) is 35.0 Å². The molecular weight excluding hydrogens is 625 g/mol. The van der Waals surface area contributed by atoms with Crippen molar-refractivity contribution in [2.24, 2.45) is 0 Å². The van der Waals surface area contributed by atoms with Gasteiger partial charge in [0, 0.05) is 28.0 Å². The van der Waals surface area contributed by atoms with E-state index in [0.29, 0.717) is 0 Å². The van der Waals surface area contributed by atoms with Gasteiger partial charge in [0.15, 0.2) is 5.82 Å². The molecule has 242 valence electrons. The lowest BCUT2D eigenvalue weighted by Gasteiger charge is -2.40. The van der Waals surface area contributed by atoms with Gasteiger partial charge < -0.3 is 4.74 Å². The molecule has 1 aliphatic carbocycles. The Hall–Kier alpha value is -5.58. The second kappa shape index (κ2) is 11.5. The normalized spacial score (nSPS) is 15.2. The zero-order valence-electron chi connectivity index (χ0n) is 28.8. The van der Waals surface area contributed by atoms with Crippen LogP contribution in [-0.2, 0) is 5.41 Å². The summed E-state index contributed by atoms with van der Waals surface area (Å²) in [7, 11) is -2.24. The van der Waals surface area contributed by atoms with Crippen molar-refractivity contribution in [1.82, 2.24) is 9.97 Å². The Kier molecular flexibility index (Phi) is 7.01. The Morgan fingerprint density at radius 2 is 1.02 bits per heavy atom. The van der Waals surface area contributed by atoms with E-state index in [2.05, 4.69) is 166 Å². The molecule has 0 saturated carbocycles. The highest BCUT2D eigenvalue weighted by Crippen LogP contribution is 2.49. The lowest BCUT2D eigenvalue weighted by atomic mass is 9.64. The highest BCUT2D eigenvalue weighted by molar-refractivity contribution is 7.01. The summed E-state index contributed by atoms with van der Waals surface area (Å²) in [6.07, 6.45) is 0. The number of hydrogen-bond donors (Lipinski definition) is 0. The first-order chi connectivity index (χ1) is 24.3. The van der Waals surface area contributed by atoms with E-state index in [0.717, 1.165) is 45.4 Å². The van der Waals surface area contributed by atoms with E-state index in [-0.39, 0.29) is 11.3 Å². The maximum absolute atomic E-state index is 6.70. The fourth-order valence-corrected chi connectivity index (χ4v) is 11.0. The first-order valence-corrected chi connectivity index (χ1v) is 20.4. The molecule has 0 bridgehead atoms. The summed E-state index contributed by atoms with van der Waals surface area (Å²) < 4.78 is 6.70. The number of hydrogen-bond acceptors (Lipinski definition) is 3. The van der Waals surface area contributed by atoms with Gasteiger partial charge in [-0.25, -0.2) is 9.97 Å². The van der Waals surface area contributed by atoms with Gasteiger partial charge in [-0.15, -0.1) is 0 Å². The SMILES string of the molecule is CC1(C)c2ccccc2C(c2ccc3c(c2)[Si](C)(C)c2cc(-c4nc(-c5ccccc5)cc(-c5ccccc5)n4)ccc2O3)c2ccccc21. The van der Waals surface area contributed by atoms with E-state index >= 15 is 0 Å². The highest BCUT2D eigenvalue weighted by atomic mass is 28.3. The molecule has 4 heteroatoms. The van der Waals surface area contributed by atoms with Crippen molar-refractivity contribution in [2.75, 3.05) is 0 Å². The molecule has 2 aliphatic rings. The molecule has 0 amide bonds. The molecule has 7 aromatic rings. The van der Waals surface area contributed by atoms with Crippen LogP contribution in [0, 0.1) is 0 Å². The Balaban J connectivity index is 1.16. The van der Waals surface area contributed by atoms with E-state index in [1.54, 1.807) is 0 Å². The Morgan fingerprint density at radius 1 is 0.520 bits per heavy atom. The molecule has 1 aromatic heterocycles. The predicted octanol–water partition coefficient (Wildman–Crippen LogP) is 10.2. The lowest BCUT2D eigenvalue weighted by Crippen LogP contribution is -2.56. The molecule has 0 fully saturated rings. The van der Waals surface area contributed by atoms with E-state index in [4.69, 9.17) is 14.7 Å². The lowest BCUT2D eigenvalue weighted by molar-refractivity contribution is 0.486. The zero-order valence-corrected chi connectivity index (χ0v) is 29.8. The number of ether oxygens (including phenoxy) is 1. The van der Waals surface area contributed by atoms with Crippen LogP contribution >= 0.6 is 0 Å². The number of benzene rings is 6. The molecule has 9 rings (SSSR count). The molecule has 0 radical (unpaired) electrons. The van der Waals surface area contributed by atoms with E-state index in [1.807, 2.05) is 12.1 Å². The van der Waals surface area contributed by atoms with Crippen LogP contribution in [0.3, 0.4) is 0 Å². The van der Waals surface area contributed by atoms with Gasteiger partial charge in [0.25, 0.3) is 0 Å². The van der Waals surface area contributed by atoms with Gasteiger partial charge in [0.1, 0.15) is 19.6 Å². The second-order valence-corrected chi connectivity index (χ2v) is 18.9. The van der Waals surface area contributed by atoms with Gasteiger partial charge >= 0.3 is 0 Å². The van der Waals surface area contributed by atoms with Gasteiger partial charge in [-0.1, -0.05) is 148 Å². The number of nitrogens with zero attached hydrogens (tertiary/aromatic N) is 2. The number of rotatable bonds is 4. The fraction of sp³-hybridized carbons (Fsp3) is 0.130. The van der Waals surface area contributed by atoms with Crippen molar-refractivity contribution in [2.45, 2.75) is 38.3 Å². The summed E-state index contributed by atoms with van der Waals surface area (Å²) in [4.78, 5) is 10.3. The van der Waals surface area contributed by atoms with Gasteiger partial charge in [0.2, 0.25) is 0 Å². The third kappa shape index (κ3) is 4.86. The van der Waals surface area contributed by atoms with Crippen molar-refractivity contribution >= 4 is 18.4 Å². The van der Waals surface area contributed by atoms with Crippen LogP contribution in [0.25, 0.3) is 33.9 Å². The molecule has 0 N–H and O–H groups in total. The minimum Gasteiger partial charge on any atom is -0.458 e. The predicted molar refractivity (Wildman–Crippen MR) is 208 cm³/mol. The van der Waals surface area contributed by atoms with Gasteiger partial charge in [-0.3, -0.25) is 0 Å². The maximum Gasteiger partial charge on any atom is 0.160 e. The quantitative estimate of drug-likeness (QED) is 0.176. The average molecular weight is 663 g/mol. The van der Waals surface area contributed by atoms with Gasteiger partial charge in [0.05, 0.1) is 11.4 Å². The first-order valence-electron chi connectivity index (χ1n) is 17.4. The summed E-state index contributed by atoms with van der Waals surface area (Å²) in [5, 5.41) is 2.59. The van der Waals surface area contributed by atoms with Crippen molar-refractivity contribution in [3.8, 4) is 45.4 Å². The van der Waals surface area contributed by atoms with E-state index < -0.39 is 8.07 Å². The average Bonchev–Trinajstić information content (AvgIpc) is 3.16. The fourth-order valence-electron chi connectivity index (χ4n) is 8.21. The van der Waals surface area contributed by atoms with Crippen molar-refractivity contribution < 1.29 is 4.74 Å². The molecule has 3 nitrogen and oxygen atoms in total. The third-order valence-corrected chi connectivity index (χ3v) is 14.4. The van der Waals surface area contributed by atoms with Gasteiger partial charge in [-0.2, -0.15) is 0 Å². The maximum atomic E-state index is 6.70. The summed E-state index contributed by atoms with van der Waals surface area (Å²) in [6.45, 7) is 9.61. The van der Waals surface area contributed by atoms with Crippen LogP contribution in [0.15, 0.2) is 152 Å². The second-order valence-electron chi connectivity index (χ2n) is 14.6. The van der Waals surface area contributed by atoms with E-state index in [1.165, 1.54) is 38.2 Å². The van der Waals surface area contributed by atoms with Crippen LogP contribution in [0.2, 0.25) is 13.1 Å². The molecule has 0 unspecified atom stereocenters. The molecule has 50 heavy (non-hydrogen) atoms. The third-order valence-electron chi connectivity index (χ3n) is 10.9. The summed E-state index contributed by atoms with van der Waals surface area (Å²) in [5.74, 6) is 2.78. The monoisotopic (exact) mass is 662 g/mol. The molecule has 1 aliphatic heterocycles. The standard InChI is InChI=1S/C46H38N2OSi/c1-46(2)36-21-13-11-19-34(36)44(35-20-12-14-22-37(35)46)32-23-25-40-42(27-32)50(3,4)43-28-33(24-26-41(43)49-40)45-47-38(30-15-7-5-8-16-30)29-39(48-45)31-17-9-6-10-18-31/h5-29,44H,1-4H3. The van der Waals surface area contributed by atoms with Crippen LogP contribution in [0.5, 0.6) is 11.5 Å². The smallest absolute Gasteiger partial charge is 0.160 e. The molecule has 6 aromatic carbocycles. The van der Waals surface area contributed by atoms with E-state index in [9.17, 15) is 0 Å². The zero-order chi connectivity index (χ0) is 34.0. The Bertz CT molecular complexity index is 2310. The van der Waals surface area contributed by atoms with Crippen LogP contribution in [-0.4, -0.2) is 18.0 Å². The van der Waals surface area contributed by atoms with Crippen molar-refractivity contribution in [3.63, 3.8) is 0 Å².